The molecule has 0 atom stereocenters. The number of fused-ring (bicyclic) bond motifs is 3. The number of nitrogens with zero attached hydrogens (tertiary/aromatic N) is 7. The van der Waals surface area contributed by atoms with Crippen molar-refractivity contribution >= 4 is 11.9 Å². The number of benzene rings is 1. The average molecular weight is 383 g/mol. The normalized spacial score (nSPS) is 15.9. The fourth-order valence-electron chi connectivity index (χ4n) is 3.67. The highest BCUT2D eigenvalue weighted by Crippen LogP contribution is 2.28. The van der Waals surface area contributed by atoms with Crippen LogP contribution in [0.1, 0.15) is 11.3 Å². The van der Waals surface area contributed by atoms with E-state index < -0.39 is 6.09 Å². The Kier molecular flexibility index (Phi) is 3.96. The molecule has 3 aromatic rings. The second-order valence-electron chi connectivity index (χ2n) is 6.81. The Hall–Kier alpha value is -3.43. The quantitative estimate of drug-likeness (QED) is 0.659. The summed E-state index contributed by atoms with van der Waals surface area (Å²) in [4.78, 5) is 25.8. The summed E-state index contributed by atoms with van der Waals surface area (Å²) < 4.78 is 15.4. The van der Waals surface area contributed by atoms with Crippen LogP contribution in [-0.4, -0.2) is 61.9 Å². The van der Waals surface area contributed by atoms with E-state index in [0.29, 0.717) is 26.2 Å². The summed E-state index contributed by atoms with van der Waals surface area (Å²) in [5.74, 6) is 0.653. The second-order valence-corrected chi connectivity index (χ2v) is 6.81. The van der Waals surface area contributed by atoms with Gasteiger partial charge in [-0.1, -0.05) is 4.85 Å². The summed E-state index contributed by atoms with van der Waals surface area (Å²) >= 11 is 0. The molecule has 9 nitrogen and oxygen atoms in total. The lowest BCUT2D eigenvalue weighted by Crippen LogP contribution is -2.50. The van der Waals surface area contributed by atoms with Gasteiger partial charge in [-0.05, 0) is 36.6 Å². The molecule has 0 spiro atoms. The van der Waals surface area contributed by atoms with Gasteiger partial charge in [-0.15, -0.1) is 5.10 Å². The fraction of sp³-hybridized carbons (Fsp3) is 0.333. The lowest BCUT2D eigenvalue weighted by Gasteiger charge is -2.33. The SMILES string of the molecule is O=C(On1cncn1)N1CCN(c2cc3n(n2)-c2ccc(F)cc2CC3)CC1. The van der Waals surface area contributed by atoms with Gasteiger partial charge in [0.25, 0.3) is 0 Å². The van der Waals surface area contributed by atoms with E-state index in [1.165, 1.54) is 18.7 Å². The third kappa shape index (κ3) is 2.96. The maximum Gasteiger partial charge on any atom is 0.436 e. The van der Waals surface area contributed by atoms with Crippen molar-refractivity contribution in [2.24, 2.45) is 0 Å². The zero-order chi connectivity index (χ0) is 19.1. The average Bonchev–Trinajstić information content (AvgIpc) is 3.37. The Bertz CT molecular complexity index is 1010. The highest BCUT2D eigenvalue weighted by atomic mass is 19.1. The summed E-state index contributed by atoms with van der Waals surface area (Å²) in [5.41, 5.74) is 3.02. The van der Waals surface area contributed by atoms with E-state index >= 15 is 0 Å². The second kappa shape index (κ2) is 6.63. The Morgan fingerprint density at radius 2 is 1.96 bits per heavy atom. The van der Waals surface area contributed by atoms with Gasteiger partial charge in [0, 0.05) is 37.9 Å². The molecule has 144 valence electrons. The molecule has 0 unspecified atom stereocenters. The number of carbonyl (C=O) groups is 1. The van der Waals surface area contributed by atoms with Gasteiger partial charge in [0.2, 0.25) is 0 Å². The molecule has 2 aliphatic rings. The van der Waals surface area contributed by atoms with E-state index in [4.69, 9.17) is 9.94 Å². The van der Waals surface area contributed by atoms with Crippen molar-refractivity contribution in [1.82, 2.24) is 29.6 Å². The van der Waals surface area contributed by atoms with Gasteiger partial charge in [0.05, 0.1) is 5.69 Å². The summed E-state index contributed by atoms with van der Waals surface area (Å²) in [6.45, 7) is 2.35. The monoisotopic (exact) mass is 383 g/mol. The van der Waals surface area contributed by atoms with E-state index in [0.717, 1.165) is 40.4 Å². The van der Waals surface area contributed by atoms with Crippen LogP contribution < -0.4 is 9.74 Å². The number of hydrogen-bond donors (Lipinski definition) is 0. The number of amides is 1. The molecule has 0 N–H and O–H groups in total. The Morgan fingerprint density at radius 1 is 1.11 bits per heavy atom. The summed E-state index contributed by atoms with van der Waals surface area (Å²) in [7, 11) is 0. The largest absolute Gasteiger partial charge is 0.436 e. The van der Waals surface area contributed by atoms with Crippen LogP contribution in [0.2, 0.25) is 0 Å². The molecule has 10 heteroatoms. The van der Waals surface area contributed by atoms with Gasteiger partial charge < -0.3 is 9.80 Å². The van der Waals surface area contributed by atoms with Crippen molar-refractivity contribution in [2.45, 2.75) is 12.8 Å². The van der Waals surface area contributed by atoms with Gasteiger partial charge in [-0.3, -0.25) is 4.84 Å². The molecule has 0 radical (unpaired) electrons. The van der Waals surface area contributed by atoms with Crippen LogP contribution in [0.5, 0.6) is 0 Å². The lowest BCUT2D eigenvalue weighted by molar-refractivity contribution is 0.0765. The molecular weight excluding hydrogens is 365 g/mol. The van der Waals surface area contributed by atoms with E-state index in [2.05, 4.69) is 21.0 Å². The van der Waals surface area contributed by atoms with E-state index in [1.54, 1.807) is 17.0 Å². The standard InChI is InChI=1S/C18H18FN7O2/c19-14-2-4-16-13(9-14)1-3-15-10-17(22-26(15)16)23-5-7-24(8-6-23)18(27)28-25-12-20-11-21-25/h2,4,9-12H,1,3,5-8H2. The number of aryl methyl sites for hydroxylation is 2. The van der Waals surface area contributed by atoms with Crippen LogP contribution in [0.15, 0.2) is 36.9 Å². The maximum absolute atomic E-state index is 13.5. The molecule has 1 amide bonds. The van der Waals surface area contributed by atoms with Crippen molar-refractivity contribution in [3.63, 3.8) is 0 Å². The zero-order valence-corrected chi connectivity index (χ0v) is 15.0. The Balaban J connectivity index is 1.28. The minimum Gasteiger partial charge on any atom is -0.352 e. The summed E-state index contributed by atoms with van der Waals surface area (Å²) in [5, 5.41) is 8.50. The molecule has 0 saturated carbocycles. The number of halogens is 1. The maximum atomic E-state index is 13.5. The molecular formula is C18H18FN7O2. The highest BCUT2D eigenvalue weighted by molar-refractivity contribution is 5.68. The highest BCUT2D eigenvalue weighted by Gasteiger charge is 2.26. The fourth-order valence-corrected chi connectivity index (χ4v) is 3.67. The van der Waals surface area contributed by atoms with E-state index in [9.17, 15) is 9.18 Å². The number of anilines is 1. The number of carbonyl (C=O) groups excluding carboxylic acids is 1. The van der Waals surface area contributed by atoms with Crippen LogP contribution >= 0.6 is 0 Å². The first-order valence-corrected chi connectivity index (χ1v) is 9.12. The molecule has 1 saturated heterocycles. The first kappa shape index (κ1) is 16.7. The molecule has 1 fully saturated rings. The molecule has 5 rings (SSSR count). The summed E-state index contributed by atoms with van der Waals surface area (Å²) in [6.07, 6.45) is 3.81. The van der Waals surface area contributed by atoms with E-state index in [1.807, 2.05) is 4.68 Å². The Morgan fingerprint density at radius 3 is 2.75 bits per heavy atom. The smallest absolute Gasteiger partial charge is 0.352 e. The van der Waals surface area contributed by atoms with Gasteiger partial charge in [-0.2, -0.15) is 5.10 Å². The molecule has 4 heterocycles. The molecule has 1 aromatic carbocycles. The number of aromatic nitrogens is 5. The first-order valence-electron chi connectivity index (χ1n) is 9.12. The molecule has 2 aliphatic heterocycles. The van der Waals surface area contributed by atoms with Crippen molar-refractivity contribution in [1.29, 1.82) is 0 Å². The van der Waals surface area contributed by atoms with Gasteiger partial charge in [0.15, 0.2) is 12.1 Å². The predicted molar refractivity (Wildman–Crippen MR) is 96.7 cm³/mol. The lowest BCUT2D eigenvalue weighted by atomic mass is 10.0. The van der Waals surface area contributed by atoms with Crippen LogP contribution in [0.4, 0.5) is 15.0 Å². The van der Waals surface area contributed by atoms with Crippen molar-refractivity contribution in [2.75, 3.05) is 31.1 Å². The molecule has 28 heavy (non-hydrogen) atoms. The third-order valence-electron chi connectivity index (χ3n) is 5.12. The predicted octanol–water partition coefficient (Wildman–Crippen LogP) is 1.07. The van der Waals surface area contributed by atoms with Gasteiger partial charge in [0.1, 0.15) is 12.1 Å². The number of hydrogen-bond acceptors (Lipinski definition) is 6. The molecule has 0 bridgehead atoms. The third-order valence-corrected chi connectivity index (χ3v) is 5.12. The van der Waals surface area contributed by atoms with Crippen molar-refractivity contribution in [3.05, 3.63) is 54.0 Å². The molecule has 2 aromatic heterocycles. The van der Waals surface area contributed by atoms with Gasteiger partial charge in [-0.25, -0.2) is 18.9 Å². The minimum atomic E-state index is -0.453. The van der Waals surface area contributed by atoms with Crippen LogP contribution in [0.25, 0.3) is 5.69 Å². The summed E-state index contributed by atoms with van der Waals surface area (Å²) in [6, 6.07) is 6.91. The number of rotatable bonds is 2. The van der Waals surface area contributed by atoms with Crippen LogP contribution in [0.3, 0.4) is 0 Å². The van der Waals surface area contributed by atoms with Crippen LogP contribution in [0, 0.1) is 5.82 Å². The topological polar surface area (TPSA) is 81.3 Å². The Labute approximate surface area is 159 Å². The van der Waals surface area contributed by atoms with E-state index in [-0.39, 0.29) is 5.82 Å². The first-order chi connectivity index (χ1) is 13.7. The van der Waals surface area contributed by atoms with Gasteiger partial charge >= 0.3 is 6.09 Å². The minimum absolute atomic E-state index is 0.219. The van der Waals surface area contributed by atoms with Crippen LogP contribution in [-0.2, 0) is 12.8 Å². The number of piperazine rings is 1. The van der Waals surface area contributed by atoms with Crippen molar-refractivity contribution < 1.29 is 14.0 Å². The zero-order valence-electron chi connectivity index (χ0n) is 15.0. The molecule has 0 aliphatic carbocycles. The van der Waals surface area contributed by atoms with Crippen molar-refractivity contribution in [3.8, 4) is 5.69 Å².